The highest BCUT2D eigenvalue weighted by molar-refractivity contribution is 6.74. The van der Waals surface area contributed by atoms with Gasteiger partial charge in [-0.1, -0.05) is 113 Å². The number of hydrogen-bond acceptors (Lipinski definition) is 4. The van der Waals surface area contributed by atoms with Gasteiger partial charge in [0.05, 0.1) is 0 Å². The van der Waals surface area contributed by atoms with Crippen LogP contribution in [0.15, 0.2) is 30.3 Å². The minimum atomic E-state index is -1.80. The Morgan fingerprint density at radius 3 is 2.24 bits per heavy atom. The molecule has 0 spiro atoms. The molecule has 288 valence electrons. The number of amides is 1. The first-order valence-electron chi connectivity index (χ1n) is 19.6. The van der Waals surface area contributed by atoms with Crippen molar-refractivity contribution in [1.82, 2.24) is 5.32 Å². The van der Waals surface area contributed by atoms with Crippen LogP contribution in [0.25, 0.3) is 0 Å². The molecular weight excluding hydrogens is 721 g/mol. The number of alkyl carbamates (subject to hydrolysis) is 1. The van der Waals surface area contributed by atoms with Crippen molar-refractivity contribution in [2.24, 2.45) is 46.3 Å². The lowest BCUT2D eigenvalue weighted by Gasteiger charge is -2.61. The number of alkyl halides is 3. The lowest BCUT2D eigenvalue weighted by molar-refractivity contribution is -0.145. The van der Waals surface area contributed by atoms with E-state index < -0.39 is 36.3 Å². The van der Waals surface area contributed by atoms with Gasteiger partial charge in [-0.15, -0.1) is 0 Å². The van der Waals surface area contributed by atoms with Crippen molar-refractivity contribution in [3.63, 3.8) is 0 Å². The number of carboxylic acids is 1. The molecule has 0 bridgehead atoms. The van der Waals surface area contributed by atoms with Gasteiger partial charge in [0, 0.05) is 6.10 Å². The first-order chi connectivity index (χ1) is 23.6. The summed E-state index contributed by atoms with van der Waals surface area (Å²) >= 11 is 17.4. The van der Waals surface area contributed by atoms with Gasteiger partial charge in [0.1, 0.15) is 6.61 Å². The van der Waals surface area contributed by atoms with E-state index in [2.05, 4.69) is 60.0 Å². The van der Waals surface area contributed by atoms with Crippen LogP contribution < -0.4 is 5.32 Å². The van der Waals surface area contributed by atoms with Gasteiger partial charge >= 0.3 is 12.1 Å². The van der Waals surface area contributed by atoms with Gasteiger partial charge in [-0.05, 0) is 141 Å². The molecule has 0 radical (unpaired) electrons. The highest BCUT2D eigenvalue weighted by Gasteiger charge is 2.61. The largest absolute Gasteiger partial charge is 0.479 e. The SMILES string of the molecule is C[C@H](CCC[C@@](NC(=O)OCC(Cl)(Cl)Cl)(C(=O)O)c1ccccc1)[C@H]1CC[C@H]2[C@@H]3CCC4C[C@H](O[Si](C)(C)C(C)(C)C)CC[C@]4(C)[C@H]3CC[C@]12C. The van der Waals surface area contributed by atoms with Crippen molar-refractivity contribution < 1.29 is 23.9 Å². The summed E-state index contributed by atoms with van der Waals surface area (Å²) in [5, 5.41) is 13.5. The Labute approximate surface area is 323 Å². The Kier molecular flexibility index (Phi) is 12.3. The van der Waals surface area contributed by atoms with Crippen molar-refractivity contribution in [2.45, 2.75) is 152 Å². The molecule has 0 heterocycles. The molecule has 10 atom stereocenters. The summed E-state index contributed by atoms with van der Waals surface area (Å²) in [7, 11) is -1.78. The maximum Gasteiger partial charge on any atom is 0.408 e. The van der Waals surface area contributed by atoms with Gasteiger partial charge in [0.25, 0.3) is 0 Å². The number of rotatable bonds is 11. The molecule has 4 aliphatic carbocycles. The lowest BCUT2D eigenvalue weighted by atomic mass is 9.44. The molecule has 4 aliphatic rings. The predicted molar refractivity (Wildman–Crippen MR) is 211 cm³/mol. The molecule has 0 aliphatic heterocycles. The zero-order valence-electron chi connectivity index (χ0n) is 32.3. The molecule has 0 aromatic heterocycles. The van der Waals surface area contributed by atoms with Crippen LogP contribution in [0.5, 0.6) is 0 Å². The molecule has 4 fully saturated rings. The average molecular weight is 785 g/mol. The number of carbonyl (C=O) groups is 2. The topological polar surface area (TPSA) is 84.9 Å². The summed E-state index contributed by atoms with van der Waals surface area (Å²) in [4.78, 5) is 25.8. The maximum atomic E-state index is 13.0. The van der Waals surface area contributed by atoms with E-state index in [9.17, 15) is 14.7 Å². The standard InChI is InChI=1S/C41H64Cl3NO5Si/c1-27(13-12-22-40(35(46)47,28-14-10-9-11-15-28)45-36(48)49-26-41(42,43)44)32-18-19-33-31-17-16-29-25-30(50-51(7,8)37(2,3)4)20-23-38(29,5)34(31)21-24-39(32,33)6/h9-11,14-15,27,29-34H,12-13,16-26H2,1-8H3,(H,45,48)(H,46,47)/t27-,29?,30-,31+,32-,33+,34+,38+,39-,40+/m1/s1. The van der Waals surface area contributed by atoms with Gasteiger partial charge in [0.2, 0.25) is 3.79 Å². The van der Waals surface area contributed by atoms with Gasteiger partial charge in [-0.3, -0.25) is 0 Å². The fourth-order valence-electron chi connectivity index (χ4n) is 11.4. The smallest absolute Gasteiger partial charge is 0.408 e. The number of carbonyl (C=O) groups excluding carboxylic acids is 1. The number of nitrogens with one attached hydrogen (secondary N) is 1. The van der Waals surface area contributed by atoms with E-state index in [0.717, 1.165) is 30.1 Å². The molecule has 1 amide bonds. The second kappa shape index (κ2) is 15.3. The Morgan fingerprint density at radius 2 is 1.61 bits per heavy atom. The monoisotopic (exact) mass is 783 g/mol. The zero-order valence-corrected chi connectivity index (χ0v) is 35.6. The fourth-order valence-corrected chi connectivity index (χ4v) is 13.0. The molecule has 1 unspecified atom stereocenters. The zero-order chi connectivity index (χ0) is 37.6. The Bertz CT molecular complexity index is 1380. The van der Waals surface area contributed by atoms with Crippen molar-refractivity contribution >= 4 is 55.2 Å². The number of fused-ring (bicyclic) bond motifs is 5. The van der Waals surface area contributed by atoms with Crippen molar-refractivity contribution in [3.05, 3.63) is 35.9 Å². The van der Waals surface area contributed by atoms with Gasteiger partial charge in [0.15, 0.2) is 13.9 Å². The van der Waals surface area contributed by atoms with E-state index in [1.54, 1.807) is 24.3 Å². The van der Waals surface area contributed by atoms with Crippen LogP contribution in [-0.2, 0) is 19.5 Å². The summed E-state index contributed by atoms with van der Waals surface area (Å²) in [6.45, 7) is 19.0. The third-order valence-corrected chi connectivity index (χ3v) is 20.0. The highest BCUT2D eigenvalue weighted by atomic mass is 35.6. The molecule has 5 rings (SSSR count). The van der Waals surface area contributed by atoms with Crippen molar-refractivity contribution in [2.75, 3.05) is 6.61 Å². The highest BCUT2D eigenvalue weighted by Crippen LogP contribution is 2.68. The number of aliphatic carboxylic acids is 1. The summed E-state index contributed by atoms with van der Waals surface area (Å²) in [5.41, 5.74) is -0.429. The maximum absolute atomic E-state index is 13.0. The number of halogens is 3. The van der Waals surface area contributed by atoms with E-state index in [4.69, 9.17) is 44.0 Å². The fraction of sp³-hybridized carbons (Fsp3) is 0.805. The molecular formula is C41H64Cl3NO5Si. The van der Waals surface area contributed by atoms with Crippen molar-refractivity contribution in [3.8, 4) is 0 Å². The summed E-state index contributed by atoms with van der Waals surface area (Å²) in [6, 6.07) is 8.85. The third-order valence-electron chi connectivity index (χ3n) is 15.2. The van der Waals surface area contributed by atoms with E-state index >= 15 is 0 Å². The van der Waals surface area contributed by atoms with Gasteiger partial charge in [-0.2, -0.15) is 0 Å². The number of carboxylic acid groups (broad SMARTS) is 1. The number of hydrogen-bond donors (Lipinski definition) is 2. The first-order valence-corrected chi connectivity index (χ1v) is 23.7. The normalized spacial score (nSPS) is 34.3. The molecule has 1 aromatic rings. The molecule has 1 aromatic carbocycles. The van der Waals surface area contributed by atoms with E-state index in [1.807, 2.05) is 6.07 Å². The Balaban J connectivity index is 1.23. The van der Waals surface area contributed by atoms with Crippen LogP contribution in [0, 0.1) is 46.3 Å². The van der Waals surface area contributed by atoms with Gasteiger partial charge < -0.3 is 19.6 Å². The Hall–Kier alpha value is -0.993. The Morgan fingerprint density at radius 1 is 0.961 bits per heavy atom. The first kappa shape index (κ1) is 41.2. The van der Waals surface area contributed by atoms with Crippen LogP contribution in [0.2, 0.25) is 18.1 Å². The quantitative estimate of drug-likeness (QED) is 0.172. The minimum Gasteiger partial charge on any atom is -0.479 e. The number of benzene rings is 1. The van der Waals surface area contributed by atoms with E-state index in [1.165, 1.54) is 57.8 Å². The molecule has 0 saturated heterocycles. The summed E-state index contributed by atoms with van der Waals surface area (Å²) in [5.74, 6) is 3.08. The average Bonchev–Trinajstić information content (AvgIpc) is 3.40. The second-order valence-electron chi connectivity index (χ2n) is 18.9. The predicted octanol–water partition coefficient (Wildman–Crippen LogP) is 11.9. The molecule has 10 heteroatoms. The van der Waals surface area contributed by atoms with Crippen LogP contribution in [0.1, 0.15) is 124 Å². The van der Waals surface area contributed by atoms with Crippen LogP contribution in [0.3, 0.4) is 0 Å². The molecule has 2 N–H and O–H groups in total. The summed E-state index contributed by atoms with van der Waals surface area (Å²) < 4.78 is 10.3. The van der Waals surface area contributed by atoms with Crippen LogP contribution in [0.4, 0.5) is 4.79 Å². The van der Waals surface area contributed by atoms with E-state index in [-0.39, 0.29) is 11.5 Å². The third kappa shape index (κ3) is 8.48. The number of ether oxygens (including phenoxy) is 1. The van der Waals surface area contributed by atoms with Crippen LogP contribution in [-0.4, -0.2) is 42.0 Å². The van der Waals surface area contributed by atoms with Gasteiger partial charge in [-0.25, -0.2) is 9.59 Å². The van der Waals surface area contributed by atoms with E-state index in [0.29, 0.717) is 40.8 Å². The summed E-state index contributed by atoms with van der Waals surface area (Å²) in [6.07, 6.45) is 12.9. The molecule has 51 heavy (non-hydrogen) atoms. The van der Waals surface area contributed by atoms with Crippen molar-refractivity contribution in [1.29, 1.82) is 0 Å². The van der Waals surface area contributed by atoms with Crippen LogP contribution >= 0.6 is 34.8 Å². The molecule has 4 saturated carbocycles. The minimum absolute atomic E-state index is 0.233. The lowest BCUT2D eigenvalue weighted by Crippen LogP contribution is -2.55. The molecule has 6 nitrogen and oxygen atoms in total. The second-order valence-corrected chi connectivity index (χ2v) is 26.2.